The molecule has 2 aromatic rings. The lowest BCUT2D eigenvalue weighted by Gasteiger charge is -2.08. The predicted molar refractivity (Wildman–Crippen MR) is 71.0 cm³/mol. The van der Waals surface area contributed by atoms with Gasteiger partial charge in [-0.1, -0.05) is 18.2 Å². The van der Waals surface area contributed by atoms with E-state index >= 15 is 0 Å². The van der Waals surface area contributed by atoms with Gasteiger partial charge in [0.2, 0.25) is 0 Å². The summed E-state index contributed by atoms with van der Waals surface area (Å²) in [5.41, 5.74) is 0.834. The summed E-state index contributed by atoms with van der Waals surface area (Å²) < 4.78 is 5.13. The molecular weight excluding hydrogens is 232 g/mol. The predicted octanol–water partition coefficient (Wildman–Crippen LogP) is 2.87. The molecule has 0 bridgehead atoms. The summed E-state index contributed by atoms with van der Waals surface area (Å²) in [6, 6.07) is 11.6. The van der Waals surface area contributed by atoms with Crippen molar-refractivity contribution in [2.75, 3.05) is 7.11 Å². The summed E-state index contributed by atoms with van der Waals surface area (Å²) in [4.78, 5) is 1.22. The highest BCUT2D eigenvalue weighted by Gasteiger charge is 2.02. The Kier molecular flexibility index (Phi) is 3.77. The molecule has 0 aliphatic rings. The standard InChI is InChI=1S/C13H14N2OS/c1-16-11-5-2-4-10(8-11)13(14)15-9-12-6-3-7-17-12/h2-8H,9H2,1H3,(H2,14,15). The normalized spacial score (nSPS) is 9.94. The van der Waals surface area contributed by atoms with Crippen LogP contribution in [0.1, 0.15) is 10.4 Å². The Morgan fingerprint density at radius 1 is 1.35 bits per heavy atom. The molecular formula is C13H14N2OS. The fraction of sp³-hybridized carbons (Fsp3) is 0.154. The van der Waals surface area contributed by atoms with Crippen molar-refractivity contribution in [2.45, 2.75) is 6.54 Å². The summed E-state index contributed by atoms with van der Waals surface area (Å²) in [5.74, 6) is 1.18. The topological polar surface area (TPSA) is 45.1 Å². The van der Waals surface area contributed by atoms with Crippen molar-refractivity contribution in [1.82, 2.24) is 5.32 Å². The monoisotopic (exact) mass is 246 g/mol. The Morgan fingerprint density at radius 3 is 2.94 bits per heavy atom. The fourth-order valence-electron chi connectivity index (χ4n) is 1.47. The zero-order chi connectivity index (χ0) is 12.1. The second kappa shape index (κ2) is 5.50. The summed E-state index contributed by atoms with van der Waals surface area (Å²) in [5, 5.41) is 13.1. The van der Waals surface area contributed by atoms with Gasteiger partial charge < -0.3 is 10.1 Å². The third-order valence-electron chi connectivity index (χ3n) is 2.38. The number of hydrogen-bond donors (Lipinski definition) is 2. The van der Waals surface area contributed by atoms with Crippen LogP contribution in [0.5, 0.6) is 5.75 Å². The van der Waals surface area contributed by atoms with Gasteiger partial charge in [0.15, 0.2) is 0 Å². The Balaban J connectivity index is 1.99. The number of ether oxygens (including phenoxy) is 1. The minimum Gasteiger partial charge on any atom is -0.497 e. The molecule has 1 aromatic heterocycles. The summed E-state index contributed by atoms with van der Waals surface area (Å²) in [7, 11) is 1.63. The van der Waals surface area contributed by atoms with E-state index in [9.17, 15) is 0 Å². The van der Waals surface area contributed by atoms with Gasteiger partial charge in [-0.05, 0) is 23.6 Å². The van der Waals surface area contributed by atoms with Crippen LogP contribution in [0.25, 0.3) is 0 Å². The smallest absolute Gasteiger partial charge is 0.125 e. The van der Waals surface area contributed by atoms with Gasteiger partial charge in [-0.2, -0.15) is 0 Å². The third-order valence-corrected chi connectivity index (χ3v) is 3.25. The highest BCUT2D eigenvalue weighted by molar-refractivity contribution is 7.09. The first kappa shape index (κ1) is 11.7. The van der Waals surface area contributed by atoms with Crippen LogP contribution in [0.3, 0.4) is 0 Å². The van der Waals surface area contributed by atoms with Crippen molar-refractivity contribution in [1.29, 1.82) is 5.41 Å². The van der Waals surface area contributed by atoms with Crippen LogP contribution in [-0.4, -0.2) is 12.9 Å². The van der Waals surface area contributed by atoms with E-state index in [-0.39, 0.29) is 0 Å². The van der Waals surface area contributed by atoms with Crippen LogP contribution < -0.4 is 10.1 Å². The molecule has 17 heavy (non-hydrogen) atoms. The van der Waals surface area contributed by atoms with E-state index in [2.05, 4.69) is 11.4 Å². The Morgan fingerprint density at radius 2 is 2.24 bits per heavy atom. The Labute approximate surface area is 105 Å². The molecule has 0 unspecified atom stereocenters. The quantitative estimate of drug-likeness (QED) is 0.643. The molecule has 0 amide bonds. The molecule has 2 N–H and O–H groups in total. The molecule has 0 saturated carbocycles. The molecule has 0 aliphatic heterocycles. The van der Waals surface area contributed by atoms with Crippen LogP contribution in [0.4, 0.5) is 0 Å². The molecule has 1 heterocycles. The number of nitrogens with one attached hydrogen (secondary N) is 2. The molecule has 2 rings (SSSR count). The van der Waals surface area contributed by atoms with E-state index in [1.54, 1.807) is 18.4 Å². The Bertz CT molecular complexity index is 494. The van der Waals surface area contributed by atoms with E-state index in [4.69, 9.17) is 10.1 Å². The SMILES string of the molecule is COc1cccc(C(=N)NCc2cccs2)c1. The maximum Gasteiger partial charge on any atom is 0.125 e. The second-order valence-corrected chi connectivity index (χ2v) is 4.57. The van der Waals surface area contributed by atoms with Crippen LogP contribution in [0, 0.1) is 5.41 Å². The largest absolute Gasteiger partial charge is 0.497 e. The van der Waals surface area contributed by atoms with E-state index in [0.717, 1.165) is 11.3 Å². The molecule has 4 heteroatoms. The van der Waals surface area contributed by atoms with Crippen molar-refractivity contribution in [3.8, 4) is 5.75 Å². The fourth-order valence-corrected chi connectivity index (χ4v) is 2.11. The Hall–Kier alpha value is -1.81. The molecule has 3 nitrogen and oxygen atoms in total. The summed E-state index contributed by atoms with van der Waals surface area (Å²) in [6.07, 6.45) is 0. The van der Waals surface area contributed by atoms with Gasteiger partial charge in [-0.25, -0.2) is 0 Å². The van der Waals surface area contributed by atoms with Crippen LogP contribution in [-0.2, 0) is 6.54 Å². The summed E-state index contributed by atoms with van der Waals surface area (Å²) >= 11 is 1.68. The van der Waals surface area contributed by atoms with Gasteiger partial charge in [0.05, 0.1) is 13.7 Å². The maximum absolute atomic E-state index is 7.94. The molecule has 88 valence electrons. The van der Waals surface area contributed by atoms with Gasteiger partial charge in [0, 0.05) is 10.4 Å². The maximum atomic E-state index is 7.94. The molecule has 1 aromatic carbocycles. The molecule has 0 spiro atoms. The number of rotatable bonds is 4. The average Bonchev–Trinajstić information content (AvgIpc) is 2.89. The van der Waals surface area contributed by atoms with Crippen molar-refractivity contribution in [3.63, 3.8) is 0 Å². The average molecular weight is 246 g/mol. The molecule has 0 aliphatic carbocycles. The number of hydrogen-bond acceptors (Lipinski definition) is 3. The molecule has 0 fully saturated rings. The highest BCUT2D eigenvalue weighted by atomic mass is 32.1. The number of amidine groups is 1. The lowest BCUT2D eigenvalue weighted by molar-refractivity contribution is 0.414. The van der Waals surface area contributed by atoms with E-state index < -0.39 is 0 Å². The lowest BCUT2D eigenvalue weighted by Crippen LogP contribution is -2.22. The lowest BCUT2D eigenvalue weighted by atomic mass is 10.2. The van der Waals surface area contributed by atoms with E-state index in [1.165, 1.54) is 4.88 Å². The minimum atomic E-state index is 0.414. The van der Waals surface area contributed by atoms with Crippen molar-refractivity contribution < 1.29 is 4.74 Å². The third kappa shape index (κ3) is 3.07. The van der Waals surface area contributed by atoms with Gasteiger partial charge in [-0.15, -0.1) is 11.3 Å². The van der Waals surface area contributed by atoms with Crippen molar-refractivity contribution >= 4 is 17.2 Å². The van der Waals surface area contributed by atoms with Crippen molar-refractivity contribution in [2.24, 2.45) is 0 Å². The van der Waals surface area contributed by atoms with Gasteiger partial charge in [0.1, 0.15) is 11.6 Å². The first-order chi connectivity index (χ1) is 8.29. The molecule has 0 atom stereocenters. The van der Waals surface area contributed by atoms with Crippen LogP contribution in [0.15, 0.2) is 41.8 Å². The van der Waals surface area contributed by atoms with Crippen LogP contribution in [0.2, 0.25) is 0 Å². The number of benzene rings is 1. The second-order valence-electron chi connectivity index (χ2n) is 3.54. The van der Waals surface area contributed by atoms with Gasteiger partial charge >= 0.3 is 0 Å². The van der Waals surface area contributed by atoms with Crippen molar-refractivity contribution in [3.05, 3.63) is 52.2 Å². The van der Waals surface area contributed by atoms with E-state index in [0.29, 0.717) is 12.4 Å². The van der Waals surface area contributed by atoms with Crippen LogP contribution >= 0.6 is 11.3 Å². The zero-order valence-corrected chi connectivity index (χ0v) is 10.4. The zero-order valence-electron chi connectivity index (χ0n) is 9.57. The first-order valence-corrected chi connectivity index (χ1v) is 6.17. The van der Waals surface area contributed by atoms with Gasteiger partial charge in [-0.3, -0.25) is 5.41 Å². The van der Waals surface area contributed by atoms with E-state index in [1.807, 2.05) is 35.7 Å². The highest BCUT2D eigenvalue weighted by Crippen LogP contribution is 2.13. The number of methoxy groups -OCH3 is 1. The number of thiophene rings is 1. The molecule has 0 saturated heterocycles. The minimum absolute atomic E-state index is 0.414. The molecule has 0 radical (unpaired) electrons. The van der Waals surface area contributed by atoms with Gasteiger partial charge in [0.25, 0.3) is 0 Å². The summed E-state index contributed by atoms with van der Waals surface area (Å²) in [6.45, 7) is 0.688. The first-order valence-electron chi connectivity index (χ1n) is 5.29.